The number of nitrogens with one attached hydrogen (secondary N) is 1. The molecule has 0 aromatic heterocycles. The fourth-order valence-corrected chi connectivity index (χ4v) is 2.23. The van der Waals surface area contributed by atoms with E-state index < -0.39 is 0 Å². The summed E-state index contributed by atoms with van der Waals surface area (Å²) in [5, 5.41) is 13.5. The monoisotopic (exact) mass is 307 g/mol. The van der Waals surface area contributed by atoms with E-state index in [0.29, 0.717) is 29.6 Å². The van der Waals surface area contributed by atoms with Crippen molar-refractivity contribution in [3.63, 3.8) is 0 Å². The minimum atomic E-state index is 0.124. The summed E-state index contributed by atoms with van der Waals surface area (Å²) in [6, 6.07) is 11.1. The number of halogens is 1. The van der Waals surface area contributed by atoms with Crippen LogP contribution in [-0.2, 0) is 13.1 Å². The summed E-state index contributed by atoms with van der Waals surface area (Å²) in [7, 11) is 3.22. The maximum absolute atomic E-state index is 9.84. The van der Waals surface area contributed by atoms with Gasteiger partial charge < -0.3 is 19.9 Å². The van der Waals surface area contributed by atoms with E-state index in [-0.39, 0.29) is 5.75 Å². The average molecular weight is 308 g/mol. The summed E-state index contributed by atoms with van der Waals surface area (Å²) in [4.78, 5) is 0. The first-order valence-corrected chi connectivity index (χ1v) is 6.91. The molecule has 0 unspecified atom stereocenters. The SMILES string of the molecule is COc1ccc(CNCc2cccc(Cl)c2O)cc1OC. The summed E-state index contributed by atoms with van der Waals surface area (Å²) in [5.41, 5.74) is 1.83. The van der Waals surface area contributed by atoms with E-state index in [1.165, 1.54) is 0 Å². The third-order valence-corrected chi connectivity index (χ3v) is 3.47. The fourth-order valence-electron chi connectivity index (χ4n) is 2.03. The van der Waals surface area contributed by atoms with Gasteiger partial charge in [-0.15, -0.1) is 0 Å². The molecule has 0 fully saturated rings. The van der Waals surface area contributed by atoms with Crippen molar-refractivity contribution in [3.8, 4) is 17.2 Å². The Hall–Kier alpha value is -1.91. The van der Waals surface area contributed by atoms with Gasteiger partial charge in [-0.2, -0.15) is 0 Å². The first-order valence-electron chi connectivity index (χ1n) is 6.53. The van der Waals surface area contributed by atoms with Crippen LogP contribution in [0.2, 0.25) is 5.02 Å². The first kappa shape index (κ1) is 15.5. The van der Waals surface area contributed by atoms with Crippen molar-refractivity contribution in [1.29, 1.82) is 0 Å². The molecule has 0 aliphatic carbocycles. The molecule has 0 aliphatic rings. The van der Waals surface area contributed by atoms with Crippen LogP contribution in [0.3, 0.4) is 0 Å². The molecule has 2 aromatic rings. The van der Waals surface area contributed by atoms with E-state index in [1.807, 2.05) is 30.3 Å². The largest absolute Gasteiger partial charge is 0.506 e. The predicted octanol–water partition coefficient (Wildman–Crippen LogP) is 3.35. The molecule has 2 N–H and O–H groups in total. The molecular formula is C16H18ClNO3. The highest BCUT2D eigenvalue weighted by atomic mass is 35.5. The number of ether oxygens (including phenoxy) is 2. The van der Waals surface area contributed by atoms with Gasteiger partial charge in [0.05, 0.1) is 19.2 Å². The van der Waals surface area contributed by atoms with Crippen LogP contribution in [-0.4, -0.2) is 19.3 Å². The number of hydrogen-bond acceptors (Lipinski definition) is 4. The van der Waals surface area contributed by atoms with Gasteiger partial charge in [0.1, 0.15) is 5.75 Å². The Morgan fingerprint density at radius 1 is 1.05 bits per heavy atom. The summed E-state index contributed by atoms with van der Waals surface area (Å²) < 4.78 is 10.5. The number of para-hydroxylation sites is 1. The quantitative estimate of drug-likeness (QED) is 0.859. The van der Waals surface area contributed by atoms with Crippen LogP contribution in [0, 0.1) is 0 Å². The van der Waals surface area contributed by atoms with Crippen molar-refractivity contribution in [2.75, 3.05) is 14.2 Å². The Kier molecular flexibility index (Phi) is 5.31. The van der Waals surface area contributed by atoms with Crippen molar-refractivity contribution in [1.82, 2.24) is 5.32 Å². The van der Waals surface area contributed by atoms with E-state index in [2.05, 4.69) is 5.32 Å². The number of benzene rings is 2. The maximum atomic E-state index is 9.84. The van der Waals surface area contributed by atoms with Gasteiger partial charge in [0, 0.05) is 18.7 Å². The maximum Gasteiger partial charge on any atom is 0.161 e. The normalized spacial score (nSPS) is 10.4. The zero-order valence-corrected chi connectivity index (χ0v) is 12.8. The van der Waals surface area contributed by atoms with Gasteiger partial charge in [-0.3, -0.25) is 0 Å². The van der Waals surface area contributed by atoms with Crippen LogP contribution in [0.25, 0.3) is 0 Å². The number of rotatable bonds is 6. The van der Waals surface area contributed by atoms with Crippen molar-refractivity contribution in [2.24, 2.45) is 0 Å². The topological polar surface area (TPSA) is 50.7 Å². The standard InChI is InChI=1S/C16H18ClNO3/c1-20-14-7-6-11(8-15(14)21-2)9-18-10-12-4-3-5-13(17)16(12)19/h3-8,18-19H,9-10H2,1-2H3. The van der Waals surface area contributed by atoms with Gasteiger partial charge in [-0.1, -0.05) is 29.8 Å². The Morgan fingerprint density at radius 3 is 2.52 bits per heavy atom. The molecule has 5 heteroatoms. The van der Waals surface area contributed by atoms with Gasteiger partial charge in [0.15, 0.2) is 11.5 Å². The van der Waals surface area contributed by atoms with Gasteiger partial charge in [-0.05, 0) is 23.8 Å². The molecule has 0 radical (unpaired) electrons. The van der Waals surface area contributed by atoms with Gasteiger partial charge >= 0.3 is 0 Å². The smallest absolute Gasteiger partial charge is 0.161 e. The van der Waals surface area contributed by atoms with Crippen molar-refractivity contribution >= 4 is 11.6 Å². The minimum Gasteiger partial charge on any atom is -0.506 e. The molecule has 0 aliphatic heterocycles. The van der Waals surface area contributed by atoms with Gasteiger partial charge in [0.25, 0.3) is 0 Å². The Labute approximate surface area is 129 Å². The summed E-state index contributed by atoms with van der Waals surface area (Å²) in [6.07, 6.45) is 0. The van der Waals surface area contributed by atoms with Crippen molar-refractivity contribution in [3.05, 3.63) is 52.5 Å². The second-order valence-corrected chi connectivity index (χ2v) is 4.95. The first-order chi connectivity index (χ1) is 10.2. The molecule has 21 heavy (non-hydrogen) atoms. The molecule has 2 aromatic carbocycles. The summed E-state index contributed by atoms with van der Waals surface area (Å²) in [6.45, 7) is 1.17. The second-order valence-electron chi connectivity index (χ2n) is 4.54. The molecule has 0 bridgehead atoms. The molecule has 112 valence electrons. The number of hydrogen-bond donors (Lipinski definition) is 2. The van der Waals surface area contributed by atoms with E-state index in [4.69, 9.17) is 21.1 Å². The van der Waals surface area contributed by atoms with Crippen molar-refractivity contribution < 1.29 is 14.6 Å². The van der Waals surface area contributed by atoms with E-state index in [1.54, 1.807) is 20.3 Å². The molecular weight excluding hydrogens is 290 g/mol. The highest BCUT2D eigenvalue weighted by Crippen LogP contribution is 2.28. The third kappa shape index (κ3) is 3.80. The predicted molar refractivity (Wildman–Crippen MR) is 83.2 cm³/mol. The van der Waals surface area contributed by atoms with Crippen LogP contribution < -0.4 is 14.8 Å². The number of aromatic hydroxyl groups is 1. The summed E-state index contributed by atoms with van der Waals surface area (Å²) in [5.74, 6) is 1.52. The number of phenolic OH excluding ortho intramolecular Hbond substituents is 1. The molecule has 0 saturated heterocycles. The highest BCUT2D eigenvalue weighted by molar-refractivity contribution is 6.32. The number of methoxy groups -OCH3 is 2. The minimum absolute atomic E-state index is 0.124. The fraction of sp³-hybridized carbons (Fsp3) is 0.250. The lowest BCUT2D eigenvalue weighted by Crippen LogP contribution is -2.13. The van der Waals surface area contributed by atoms with E-state index in [9.17, 15) is 5.11 Å². The zero-order valence-electron chi connectivity index (χ0n) is 12.0. The van der Waals surface area contributed by atoms with E-state index >= 15 is 0 Å². The number of phenols is 1. The molecule has 4 nitrogen and oxygen atoms in total. The van der Waals surface area contributed by atoms with Crippen LogP contribution in [0.1, 0.15) is 11.1 Å². The Bertz CT molecular complexity index is 616. The van der Waals surface area contributed by atoms with Crippen LogP contribution >= 0.6 is 11.6 Å². The zero-order chi connectivity index (χ0) is 15.2. The van der Waals surface area contributed by atoms with Gasteiger partial charge in [-0.25, -0.2) is 0 Å². The van der Waals surface area contributed by atoms with Gasteiger partial charge in [0.2, 0.25) is 0 Å². The lowest BCUT2D eigenvalue weighted by molar-refractivity contribution is 0.354. The molecule has 0 amide bonds. The van der Waals surface area contributed by atoms with Crippen molar-refractivity contribution in [2.45, 2.75) is 13.1 Å². The summed E-state index contributed by atoms with van der Waals surface area (Å²) >= 11 is 5.87. The Morgan fingerprint density at radius 2 is 1.81 bits per heavy atom. The molecule has 2 rings (SSSR count). The van der Waals surface area contributed by atoms with E-state index in [0.717, 1.165) is 11.1 Å². The highest BCUT2D eigenvalue weighted by Gasteiger charge is 2.06. The lowest BCUT2D eigenvalue weighted by Gasteiger charge is -2.11. The van der Waals surface area contributed by atoms with Crippen LogP contribution in [0.4, 0.5) is 0 Å². The molecule has 0 spiro atoms. The second kappa shape index (κ2) is 7.20. The lowest BCUT2D eigenvalue weighted by atomic mass is 10.1. The van der Waals surface area contributed by atoms with Crippen LogP contribution in [0.5, 0.6) is 17.2 Å². The molecule has 0 heterocycles. The molecule has 0 saturated carbocycles. The third-order valence-electron chi connectivity index (χ3n) is 3.16. The molecule has 0 atom stereocenters. The average Bonchev–Trinajstić information content (AvgIpc) is 2.51. The Balaban J connectivity index is 1.99. The van der Waals surface area contributed by atoms with Crippen LogP contribution in [0.15, 0.2) is 36.4 Å².